The summed E-state index contributed by atoms with van der Waals surface area (Å²) in [7, 11) is 0. The van der Waals surface area contributed by atoms with Crippen LogP contribution in [0, 0.1) is 6.92 Å². The number of rotatable bonds is 10. The molecule has 0 bridgehead atoms. The zero-order valence-corrected chi connectivity index (χ0v) is 15.3. The second-order valence-corrected chi connectivity index (χ2v) is 6.37. The van der Waals surface area contributed by atoms with Crippen LogP contribution in [0.3, 0.4) is 0 Å². The number of aliphatic hydroxyl groups excluding tert-OH is 1. The normalized spacial score (nSPS) is 10.7. The maximum Gasteiger partial charge on any atom is 0.123 e. The predicted molar refractivity (Wildman–Crippen MR) is 103 cm³/mol. The lowest BCUT2D eigenvalue weighted by atomic mass is 10.0. The minimum absolute atomic E-state index is 0.181. The molecular weight excluding hydrogens is 312 g/mol. The van der Waals surface area contributed by atoms with E-state index >= 15 is 0 Å². The van der Waals surface area contributed by atoms with Crippen molar-refractivity contribution in [3.63, 3.8) is 0 Å². The van der Waals surface area contributed by atoms with Gasteiger partial charge in [0.15, 0.2) is 0 Å². The molecule has 0 unspecified atom stereocenters. The van der Waals surface area contributed by atoms with Crippen molar-refractivity contribution in [3.05, 3.63) is 65.7 Å². The molecule has 0 aliphatic rings. The van der Waals surface area contributed by atoms with Gasteiger partial charge in [-0.2, -0.15) is 0 Å². The molecule has 0 aliphatic carbocycles. The van der Waals surface area contributed by atoms with Gasteiger partial charge >= 0.3 is 0 Å². The number of aryl methyl sites for hydroxylation is 2. The van der Waals surface area contributed by atoms with Crippen molar-refractivity contribution in [2.45, 2.75) is 26.7 Å². The van der Waals surface area contributed by atoms with Gasteiger partial charge in [-0.25, -0.2) is 0 Å². The highest BCUT2D eigenvalue weighted by Crippen LogP contribution is 2.28. The van der Waals surface area contributed by atoms with Crippen molar-refractivity contribution in [1.82, 2.24) is 0 Å². The van der Waals surface area contributed by atoms with Crippen molar-refractivity contribution in [2.75, 3.05) is 26.4 Å². The summed E-state index contributed by atoms with van der Waals surface area (Å²) in [5.41, 5.74) is 5.66. The van der Waals surface area contributed by atoms with Crippen LogP contribution in [0.25, 0.3) is 11.1 Å². The molecule has 0 heterocycles. The molecule has 3 heteroatoms. The van der Waals surface area contributed by atoms with Crippen molar-refractivity contribution in [3.8, 4) is 16.9 Å². The Morgan fingerprint density at radius 1 is 1.04 bits per heavy atom. The molecular formula is C22H28O3. The Kier molecular flexibility index (Phi) is 7.71. The van der Waals surface area contributed by atoms with Crippen LogP contribution in [0.4, 0.5) is 0 Å². The lowest BCUT2D eigenvalue weighted by molar-refractivity contribution is 0.116. The second kappa shape index (κ2) is 10.0. The van der Waals surface area contributed by atoms with E-state index in [4.69, 9.17) is 14.6 Å². The van der Waals surface area contributed by atoms with Crippen molar-refractivity contribution in [2.24, 2.45) is 0 Å². The smallest absolute Gasteiger partial charge is 0.123 e. The highest BCUT2D eigenvalue weighted by Gasteiger charge is 2.07. The number of hydrogen-bond donors (Lipinski definition) is 1. The lowest BCUT2D eigenvalue weighted by Gasteiger charge is -2.14. The molecule has 0 saturated carbocycles. The van der Waals surface area contributed by atoms with Gasteiger partial charge in [0.1, 0.15) is 12.4 Å². The molecule has 0 amide bonds. The third-order valence-electron chi connectivity index (χ3n) is 3.89. The molecule has 0 aromatic heterocycles. The van der Waals surface area contributed by atoms with Crippen molar-refractivity contribution < 1.29 is 14.6 Å². The minimum Gasteiger partial charge on any atom is -0.491 e. The number of ether oxygens (including phenoxy) is 2. The first kappa shape index (κ1) is 19.2. The van der Waals surface area contributed by atoms with Crippen LogP contribution in [0.1, 0.15) is 24.5 Å². The van der Waals surface area contributed by atoms with Crippen LogP contribution in [-0.4, -0.2) is 31.5 Å². The van der Waals surface area contributed by atoms with E-state index in [1.54, 1.807) is 0 Å². The third-order valence-corrected chi connectivity index (χ3v) is 3.89. The zero-order chi connectivity index (χ0) is 18.1. The van der Waals surface area contributed by atoms with Crippen LogP contribution in [0.5, 0.6) is 5.75 Å². The quantitative estimate of drug-likeness (QED) is 0.509. The van der Waals surface area contributed by atoms with Gasteiger partial charge in [0.05, 0.1) is 13.2 Å². The molecule has 2 aromatic rings. The van der Waals surface area contributed by atoms with Crippen LogP contribution in [0.15, 0.2) is 54.6 Å². The van der Waals surface area contributed by atoms with E-state index in [-0.39, 0.29) is 6.61 Å². The Morgan fingerprint density at radius 2 is 1.76 bits per heavy atom. The van der Waals surface area contributed by atoms with E-state index in [1.165, 1.54) is 11.1 Å². The average Bonchev–Trinajstić information content (AvgIpc) is 2.60. The van der Waals surface area contributed by atoms with Crippen LogP contribution in [0.2, 0.25) is 0 Å². The monoisotopic (exact) mass is 340 g/mol. The summed E-state index contributed by atoms with van der Waals surface area (Å²) < 4.78 is 11.5. The Hall–Kier alpha value is -2.10. The van der Waals surface area contributed by atoms with Crippen LogP contribution in [-0.2, 0) is 11.2 Å². The van der Waals surface area contributed by atoms with E-state index in [9.17, 15) is 0 Å². The Balaban J connectivity index is 2.10. The molecule has 2 aromatic carbocycles. The highest BCUT2D eigenvalue weighted by molar-refractivity contribution is 5.66. The summed E-state index contributed by atoms with van der Waals surface area (Å²) in [6.07, 6.45) is 1.53. The standard InChI is InChI=1S/C22H28O3/c1-17(2)16-24-13-14-25-22-15-21(11-10-20(22)5-4-12-23)19-8-6-18(3)7-9-19/h6-11,15,23H,1,4-5,12-14,16H2,2-3H3. The second-order valence-electron chi connectivity index (χ2n) is 6.37. The van der Waals surface area contributed by atoms with E-state index in [1.807, 2.05) is 6.92 Å². The van der Waals surface area contributed by atoms with Gasteiger partial charge in [-0.05, 0) is 49.4 Å². The van der Waals surface area contributed by atoms with Gasteiger partial charge < -0.3 is 14.6 Å². The molecule has 0 atom stereocenters. The molecule has 3 nitrogen and oxygen atoms in total. The topological polar surface area (TPSA) is 38.7 Å². The number of hydrogen-bond acceptors (Lipinski definition) is 3. The molecule has 0 saturated heterocycles. The van der Waals surface area contributed by atoms with Gasteiger partial charge in [0.2, 0.25) is 0 Å². The average molecular weight is 340 g/mol. The summed E-state index contributed by atoms with van der Waals surface area (Å²) in [5, 5.41) is 9.11. The minimum atomic E-state index is 0.181. The third kappa shape index (κ3) is 6.37. The number of benzene rings is 2. The van der Waals surface area contributed by atoms with Gasteiger partial charge in [-0.15, -0.1) is 0 Å². The van der Waals surface area contributed by atoms with Crippen molar-refractivity contribution >= 4 is 0 Å². The van der Waals surface area contributed by atoms with E-state index in [0.29, 0.717) is 19.8 Å². The molecule has 0 aliphatic heterocycles. The fraction of sp³-hybridized carbons (Fsp3) is 0.364. The maximum atomic E-state index is 9.11. The SMILES string of the molecule is C=C(C)COCCOc1cc(-c2ccc(C)cc2)ccc1CCCO. The molecule has 134 valence electrons. The van der Waals surface area contributed by atoms with E-state index in [2.05, 4.69) is 56.0 Å². The molecule has 0 fully saturated rings. The molecule has 0 spiro atoms. The van der Waals surface area contributed by atoms with Crippen molar-refractivity contribution in [1.29, 1.82) is 0 Å². The first-order valence-electron chi connectivity index (χ1n) is 8.76. The fourth-order valence-corrected chi connectivity index (χ4v) is 2.55. The number of aliphatic hydroxyl groups is 1. The Morgan fingerprint density at radius 3 is 2.44 bits per heavy atom. The Labute approximate surface area is 150 Å². The Bertz CT molecular complexity index is 674. The summed E-state index contributed by atoms with van der Waals surface area (Å²) in [5.74, 6) is 0.866. The molecule has 25 heavy (non-hydrogen) atoms. The zero-order valence-electron chi connectivity index (χ0n) is 15.3. The lowest BCUT2D eigenvalue weighted by Crippen LogP contribution is -2.09. The first-order valence-corrected chi connectivity index (χ1v) is 8.76. The highest BCUT2D eigenvalue weighted by atomic mass is 16.5. The van der Waals surface area contributed by atoms with E-state index in [0.717, 1.165) is 35.3 Å². The molecule has 0 radical (unpaired) electrons. The van der Waals surface area contributed by atoms with Gasteiger partial charge in [0, 0.05) is 6.61 Å². The van der Waals surface area contributed by atoms with Gasteiger partial charge in [0.25, 0.3) is 0 Å². The van der Waals surface area contributed by atoms with Gasteiger partial charge in [-0.1, -0.05) is 54.1 Å². The van der Waals surface area contributed by atoms with Crippen LogP contribution >= 0.6 is 0 Å². The molecule has 2 rings (SSSR count). The maximum absolute atomic E-state index is 9.11. The largest absolute Gasteiger partial charge is 0.491 e. The summed E-state index contributed by atoms with van der Waals surface area (Å²) in [4.78, 5) is 0. The molecule has 1 N–H and O–H groups in total. The summed E-state index contributed by atoms with van der Waals surface area (Å²) in [6, 6.07) is 14.8. The first-order chi connectivity index (χ1) is 12.1. The van der Waals surface area contributed by atoms with E-state index < -0.39 is 0 Å². The fourth-order valence-electron chi connectivity index (χ4n) is 2.55. The van der Waals surface area contributed by atoms with Gasteiger partial charge in [-0.3, -0.25) is 0 Å². The predicted octanol–water partition coefficient (Wildman–Crippen LogP) is 4.56. The summed E-state index contributed by atoms with van der Waals surface area (Å²) >= 11 is 0. The van der Waals surface area contributed by atoms with Crippen LogP contribution < -0.4 is 4.74 Å². The summed E-state index contributed by atoms with van der Waals surface area (Å²) in [6.45, 7) is 9.62.